The Labute approximate surface area is 94.9 Å². The highest BCUT2D eigenvalue weighted by atomic mass is 16.5. The Bertz CT molecular complexity index is 460. The molecule has 2 heteroatoms. The summed E-state index contributed by atoms with van der Waals surface area (Å²) in [5, 5.41) is 0. The van der Waals surface area contributed by atoms with Gasteiger partial charge in [-0.1, -0.05) is 24.3 Å². The van der Waals surface area contributed by atoms with Crippen molar-refractivity contribution < 1.29 is 9.53 Å². The Balaban J connectivity index is 2.00. The van der Waals surface area contributed by atoms with Gasteiger partial charge in [0.1, 0.15) is 5.76 Å². The quantitative estimate of drug-likeness (QED) is 0.621. The number of ether oxygens (including phenoxy) is 1. The average Bonchev–Trinajstić information content (AvgIpc) is 2.46. The van der Waals surface area contributed by atoms with Crippen LogP contribution in [-0.4, -0.2) is 5.97 Å². The summed E-state index contributed by atoms with van der Waals surface area (Å²) in [5.74, 6) is 1.20. The number of benzene rings is 1. The van der Waals surface area contributed by atoms with Crippen LogP contribution in [0.4, 0.5) is 0 Å². The molecule has 1 atom stereocenters. The first-order valence-electron chi connectivity index (χ1n) is 5.83. The molecule has 82 valence electrons. The zero-order valence-corrected chi connectivity index (χ0v) is 9.11. The van der Waals surface area contributed by atoms with E-state index in [9.17, 15) is 4.79 Å². The van der Waals surface area contributed by atoms with Crippen molar-refractivity contribution in [3.8, 4) is 0 Å². The second-order valence-corrected chi connectivity index (χ2v) is 4.51. The van der Waals surface area contributed by atoms with Crippen molar-refractivity contribution in [3.05, 3.63) is 41.2 Å². The number of allylic oxidation sites excluding steroid dienone is 1. The van der Waals surface area contributed by atoms with Crippen LogP contribution >= 0.6 is 0 Å². The van der Waals surface area contributed by atoms with Gasteiger partial charge in [-0.25, -0.2) is 0 Å². The number of fused-ring (bicyclic) bond motifs is 2. The van der Waals surface area contributed by atoms with Crippen LogP contribution < -0.4 is 0 Å². The van der Waals surface area contributed by atoms with Crippen molar-refractivity contribution in [1.82, 2.24) is 0 Å². The summed E-state index contributed by atoms with van der Waals surface area (Å²) in [5.41, 5.74) is 2.57. The predicted octanol–water partition coefficient (Wildman–Crippen LogP) is 2.93. The summed E-state index contributed by atoms with van der Waals surface area (Å²) in [6.07, 6.45) is 5.61. The Morgan fingerprint density at radius 3 is 3.06 bits per heavy atom. The monoisotopic (exact) mass is 214 g/mol. The summed E-state index contributed by atoms with van der Waals surface area (Å²) < 4.78 is 5.39. The Hall–Kier alpha value is -1.57. The number of carbonyl (C=O) groups is 1. The molecule has 1 aromatic carbocycles. The molecular weight excluding hydrogens is 200 g/mol. The molecule has 0 radical (unpaired) electrons. The van der Waals surface area contributed by atoms with Gasteiger partial charge in [-0.05, 0) is 36.5 Å². The molecule has 1 fully saturated rings. The highest BCUT2D eigenvalue weighted by Gasteiger charge is 2.26. The van der Waals surface area contributed by atoms with Crippen molar-refractivity contribution in [3.63, 3.8) is 0 Å². The third-order valence-electron chi connectivity index (χ3n) is 3.39. The summed E-state index contributed by atoms with van der Waals surface area (Å²) in [4.78, 5) is 11.4. The number of carbonyl (C=O) groups excluding carboxylic acids is 1. The van der Waals surface area contributed by atoms with E-state index in [1.165, 1.54) is 11.1 Å². The molecule has 0 aromatic heterocycles. The van der Waals surface area contributed by atoms with Crippen LogP contribution in [0.2, 0.25) is 0 Å². The van der Waals surface area contributed by atoms with E-state index in [0.29, 0.717) is 12.3 Å². The molecule has 3 rings (SSSR count). The molecule has 0 bridgehead atoms. The van der Waals surface area contributed by atoms with Crippen LogP contribution in [0.5, 0.6) is 0 Å². The fraction of sp³-hybridized carbons (Fsp3) is 0.357. The van der Waals surface area contributed by atoms with Gasteiger partial charge in [0.25, 0.3) is 0 Å². The Kier molecular flexibility index (Phi) is 2.28. The number of rotatable bonds is 0. The molecule has 1 unspecified atom stereocenters. The summed E-state index contributed by atoms with van der Waals surface area (Å²) in [6, 6.07) is 8.34. The maximum absolute atomic E-state index is 11.4. The summed E-state index contributed by atoms with van der Waals surface area (Å²) in [6.45, 7) is 0. The minimum Gasteiger partial charge on any atom is -0.431 e. The average molecular weight is 214 g/mol. The van der Waals surface area contributed by atoms with E-state index in [-0.39, 0.29) is 5.97 Å². The van der Waals surface area contributed by atoms with Crippen molar-refractivity contribution in [1.29, 1.82) is 0 Å². The van der Waals surface area contributed by atoms with Crippen LogP contribution in [0.1, 0.15) is 30.4 Å². The van der Waals surface area contributed by atoms with Gasteiger partial charge in [0.2, 0.25) is 0 Å². The van der Waals surface area contributed by atoms with E-state index in [1.807, 2.05) is 12.1 Å². The second-order valence-electron chi connectivity index (χ2n) is 4.51. The van der Waals surface area contributed by atoms with E-state index < -0.39 is 0 Å². The van der Waals surface area contributed by atoms with E-state index in [4.69, 9.17) is 4.74 Å². The molecule has 1 aliphatic heterocycles. The molecule has 0 N–H and O–H groups in total. The topological polar surface area (TPSA) is 26.3 Å². The lowest BCUT2D eigenvalue weighted by Gasteiger charge is -2.22. The van der Waals surface area contributed by atoms with Gasteiger partial charge in [0.15, 0.2) is 0 Å². The molecule has 1 aliphatic carbocycles. The van der Waals surface area contributed by atoms with E-state index in [2.05, 4.69) is 18.2 Å². The first kappa shape index (κ1) is 9.64. The smallest absolute Gasteiger partial charge is 0.310 e. The van der Waals surface area contributed by atoms with E-state index in [0.717, 1.165) is 25.0 Å². The number of hydrogen-bond donors (Lipinski definition) is 0. The lowest BCUT2D eigenvalue weighted by Crippen LogP contribution is -2.14. The van der Waals surface area contributed by atoms with Crippen molar-refractivity contribution in [2.24, 2.45) is 5.92 Å². The molecular formula is C14H14O2. The maximum atomic E-state index is 11.4. The van der Waals surface area contributed by atoms with Gasteiger partial charge >= 0.3 is 5.97 Å². The van der Waals surface area contributed by atoms with Crippen LogP contribution in [-0.2, 0) is 16.0 Å². The first-order chi connectivity index (χ1) is 7.83. The number of hydrogen-bond acceptors (Lipinski definition) is 2. The second kappa shape index (κ2) is 3.78. The lowest BCUT2D eigenvalue weighted by molar-refractivity contribution is -0.139. The zero-order chi connectivity index (χ0) is 11.0. The fourth-order valence-corrected chi connectivity index (χ4v) is 2.53. The lowest BCUT2D eigenvalue weighted by atomic mass is 9.85. The Morgan fingerprint density at radius 1 is 1.25 bits per heavy atom. The Morgan fingerprint density at radius 2 is 2.12 bits per heavy atom. The third kappa shape index (κ3) is 1.64. The maximum Gasteiger partial charge on any atom is 0.310 e. The third-order valence-corrected chi connectivity index (χ3v) is 3.39. The van der Waals surface area contributed by atoms with Gasteiger partial charge in [-0.3, -0.25) is 4.79 Å². The van der Waals surface area contributed by atoms with Crippen molar-refractivity contribution >= 4 is 12.0 Å². The highest BCUT2D eigenvalue weighted by Crippen LogP contribution is 2.34. The molecule has 1 saturated heterocycles. The number of esters is 1. The minimum absolute atomic E-state index is 0.0758. The van der Waals surface area contributed by atoms with Crippen LogP contribution in [0.25, 0.3) is 6.08 Å². The normalized spacial score (nSPS) is 23.6. The van der Waals surface area contributed by atoms with E-state index >= 15 is 0 Å². The van der Waals surface area contributed by atoms with E-state index in [1.54, 1.807) is 0 Å². The van der Waals surface area contributed by atoms with Crippen molar-refractivity contribution in [2.75, 3.05) is 0 Å². The van der Waals surface area contributed by atoms with Gasteiger partial charge < -0.3 is 4.74 Å². The fourth-order valence-electron chi connectivity index (χ4n) is 2.53. The van der Waals surface area contributed by atoms with Gasteiger partial charge in [-0.2, -0.15) is 0 Å². The minimum atomic E-state index is -0.0758. The predicted molar refractivity (Wildman–Crippen MR) is 61.6 cm³/mol. The largest absolute Gasteiger partial charge is 0.431 e. The van der Waals surface area contributed by atoms with Gasteiger partial charge in [0, 0.05) is 12.3 Å². The molecule has 0 amide bonds. The highest BCUT2D eigenvalue weighted by molar-refractivity contribution is 5.73. The summed E-state index contributed by atoms with van der Waals surface area (Å²) in [7, 11) is 0. The van der Waals surface area contributed by atoms with Crippen LogP contribution in [0, 0.1) is 5.92 Å². The molecule has 1 aromatic rings. The molecule has 1 heterocycles. The molecule has 0 saturated carbocycles. The van der Waals surface area contributed by atoms with Crippen LogP contribution in [0.3, 0.4) is 0 Å². The van der Waals surface area contributed by atoms with Gasteiger partial charge in [-0.15, -0.1) is 0 Å². The zero-order valence-electron chi connectivity index (χ0n) is 9.11. The standard InChI is InChI=1S/C14H14O2/c15-14-7-3-6-12-8-10-4-1-2-5-11(10)9-13(12)16-14/h1-2,4-5,9,12H,3,6-8H2. The first-order valence-corrected chi connectivity index (χ1v) is 5.83. The summed E-state index contributed by atoms with van der Waals surface area (Å²) >= 11 is 0. The molecule has 16 heavy (non-hydrogen) atoms. The molecule has 0 spiro atoms. The van der Waals surface area contributed by atoms with Crippen LogP contribution in [0.15, 0.2) is 30.0 Å². The van der Waals surface area contributed by atoms with Crippen molar-refractivity contribution in [2.45, 2.75) is 25.7 Å². The van der Waals surface area contributed by atoms with Gasteiger partial charge in [0.05, 0.1) is 0 Å². The SMILES string of the molecule is O=C1CCCC2Cc3ccccc3C=C2O1. The molecule has 2 nitrogen and oxygen atoms in total. The molecule has 2 aliphatic rings.